The van der Waals surface area contributed by atoms with E-state index in [0.717, 1.165) is 0 Å². The van der Waals surface area contributed by atoms with Gasteiger partial charge in [0.15, 0.2) is 0 Å². The largest absolute Gasteiger partial charge is 0.507 e. The molecule has 1 aliphatic rings. The van der Waals surface area contributed by atoms with Gasteiger partial charge in [0.25, 0.3) is 0 Å². The molecular weight excluding hydrogens is 171 g/mol. The van der Waals surface area contributed by atoms with E-state index in [2.05, 4.69) is 0 Å². The first-order valence-electron chi connectivity index (χ1n) is 4.25. The molecule has 0 radical (unpaired) electrons. The number of alkyl halides is 1. The van der Waals surface area contributed by atoms with Crippen LogP contribution in [0.1, 0.15) is 18.9 Å². The van der Waals surface area contributed by atoms with E-state index >= 15 is 0 Å². The Hall–Kier alpha value is -1.25. The van der Waals surface area contributed by atoms with E-state index in [4.69, 9.17) is 4.74 Å². The van der Waals surface area contributed by atoms with Crippen LogP contribution in [0.5, 0.6) is 11.5 Å². The van der Waals surface area contributed by atoms with Gasteiger partial charge in [0.1, 0.15) is 17.2 Å². The van der Waals surface area contributed by atoms with Gasteiger partial charge >= 0.3 is 0 Å². The highest BCUT2D eigenvalue weighted by atomic mass is 19.1. The van der Waals surface area contributed by atoms with Crippen molar-refractivity contribution in [3.05, 3.63) is 23.8 Å². The fourth-order valence-corrected chi connectivity index (χ4v) is 1.64. The summed E-state index contributed by atoms with van der Waals surface area (Å²) in [5, 5.41) is 9.47. The number of hydrogen-bond acceptors (Lipinski definition) is 2. The molecular formula is C10H11FO2. The normalized spacial score (nSPS) is 26.3. The van der Waals surface area contributed by atoms with Gasteiger partial charge in [0.2, 0.25) is 0 Å². The maximum atomic E-state index is 13.9. The van der Waals surface area contributed by atoms with Crippen molar-refractivity contribution in [2.24, 2.45) is 0 Å². The molecule has 1 heterocycles. The number of benzene rings is 1. The molecule has 13 heavy (non-hydrogen) atoms. The van der Waals surface area contributed by atoms with Gasteiger partial charge < -0.3 is 9.84 Å². The fraction of sp³-hybridized carbons (Fsp3) is 0.400. The molecule has 0 saturated heterocycles. The van der Waals surface area contributed by atoms with Gasteiger partial charge in [0.05, 0.1) is 12.2 Å². The van der Waals surface area contributed by atoms with Crippen molar-refractivity contribution < 1.29 is 14.2 Å². The number of aromatic hydroxyl groups is 1. The van der Waals surface area contributed by atoms with E-state index in [1.54, 1.807) is 12.1 Å². The number of hydrogen-bond donors (Lipinski definition) is 1. The van der Waals surface area contributed by atoms with Crippen LogP contribution in [-0.2, 0) is 5.67 Å². The van der Waals surface area contributed by atoms with Crippen molar-refractivity contribution in [2.45, 2.75) is 19.0 Å². The molecule has 1 atom stereocenters. The summed E-state index contributed by atoms with van der Waals surface area (Å²) in [7, 11) is 0. The Morgan fingerprint density at radius 3 is 3.00 bits per heavy atom. The second-order valence-corrected chi connectivity index (χ2v) is 3.45. The third kappa shape index (κ3) is 1.24. The zero-order chi connectivity index (χ0) is 9.47. The summed E-state index contributed by atoms with van der Waals surface area (Å²) in [5.41, 5.74) is -1.19. The Morgan fingerprint density at radius 1 is 1.54 bits per heavy atom. The van der Waals surface area contributed by atoms with Gasteiger partial charge in [0, 0.05) is 6.42 Å². The molecule has 0 saturated carbocycles. The number of fused-ring (bicyclic) bond motifs is 1. The molecule has 0 aliphatic carbocycles. The second-order valence-electron chi connectivity index (χ2n) is 3.45. The van der Waals surface area contributed by atoms with Gasteiger partial charge in [-0.1, -0.05) is 6.07 Å². The lowest BCUT2D eigenvalue weighted by Crippen LogP contribution is -2.25. The lowest BCUT2D eigenvalue weighted by molar-refractivity contribution is 0.106. The Balaban J connectivity index is 2.61. The number of phenolic OH excluding ortho intramolecular Hbond substituents is 1. The standard InChI is InChI=1S/C10H11FO2/c1-10(11)5-6-13-8-4-2-3-7(12)9(8)10/h2-4,12H,5-6H2,1H3. The number of halogens is 1. The summed E-state index contributed by atoms with van der Waals surface area (Å²) in [5.74, 6) is 0.429. The summed E-state index contributed by atoms with van der Waals surface area (Å²) in [6.07, 6.45) is 0.289. The molecule has 0 aromatic heterocycles. The van der Waals surface area contributed by atoms with E-state index in [0.29, 0.717) is 12.4 Å². The molecule has 1 aliphatic heterocycles. The first kappa shape index (κ1) is 8.35. The summed E-state index contributed by atoms with van der Waals surface area (Å²) in [6, 6.07) is 4.80. The molecule has 2 nitrogen and oxygen atoms in total. The molecule has 1 unspecified atom stereocenters. The maximum Gasteiger partial charge on any atom is 0.143 e. The monoisotopic (exact) mass is 182 g/mol. The van der Waals surface area contributed by atoms with E-state index in [1.807, 2.05) is 0 Å². The maximum absolute atomic E-state index is 13.9. The number of phenols is 1. The Bertz CT molecular complexity index is 334. The Kier molecular flexibility index (Phi) is 1.68. The first-order chi connectivity index (χ1) is 6.11. The summed E-state index contributed by atoms with van der Waals surface area (Å²) in [4.78, 5) is 0. The van der Waals surface area contributed by atoms with Crippen LogP contribution < -0.4 is 4.74 Å². The van der Waals surface area contributed by atoms with Crippen LogP contribution in [0.25, 0.3) is 0 Å². The SMILES string of the molecule is CC1(F)CCOc2cccc(O)c21. The van der Waals surface area contributed by atoms with Gasteiger partial charge in [-0.2, -0.15) is 0 Å². The number of ether oxygens (including phenoxy) is 1. The topological polar surface area (TPSA) is 29.5 Å². The van der Waals surface area contributed by atoms with E-state index in [9.17, 15) is 9.50 Å². The first-order valence-corrected chi connectivity index (χ1v) is 4.25. The van der Waals surface area contributed by atoms with Crippen LogP contribution in [0.4, 0.5) is 4.39 Å². The molecule has 0 fully saturated rings. The van der Waals surface area contributed by atoms with Crippen LogP contribution >= 0.6 is 0 Å². The van der Waals surface area contributed by atoms with Gasteiger partial charge in [-0.15, -0.1) is 0 Å². The van der Waals surface area contributed by atoms with Crippen molar-refractivity contribution in [1.82, 2.24) is 0 Å². The van der Waals surface area contributed by atoms with Gasteiger partial charge in [-0.3, -0.25) is 0 Å². The van der Waals surface area contributed by atoms with Crippen LogP contribution in [0.15, 0.2) is 18.2 Å². The highest BCUT2D eigenvalue weighted by molar-refractivity contribution is 5.48. The number of rotatable bonds is 0. The average Bonchev–Trinajstić information content (AvgIpc) is 2.02. The van der Waals surface area contributed by atoms with Crippen molar-refractivity contribution >= 4 is 0 Å². The summed E-state index contributed by atoms with van der Waals surface area (Å²) < 4.78 is 19.1. The average molecular weight is 182 g/mol. The van der Waals surface area contributed by atoms with E-state index in [1.165, 1.54) is 13.0 Å². The Morgan fingerprint density at radius 2 is 2.31 bits per heavy atom. The molecule has 1 aromatic rings. The second kappa shape index (κ2) is 2.62. The minimum atomic E-state index is -1.47. The molecule has 0 bridgehead atoms. The zero-order valence-electron chi connectivity index (χ0n) is 7.38. The van der Waals surface area contributed by atoms with Crippen LogP contribution in [0, 0.1) is 0 Å². The quantitative estimate of drug-likeness (QED) is 0.667. The van der Waals surface area contributed by atoms with Crippen LogP contribution in [0.3, 0.4) is 0 Å². The van der Waals surface area contributed by atoms with E-state index in [-0.39, 0.29) is 17.7 Å². The van der Waals surface area contributed by atoms with Crippen molar-refractivity contribution in [3.8, 4) is 11.5 Å². The zero-order valence-corrected chi connectivity index (χ0v) is 7.38. The van der Waals surface area contributed by atoms with E-state index < -0.39 is 5.67 Å². The smallest absolute Gasteiger partial charge is 0.143 e. The third-order valence-electron chi connectivity index (χ3n) is 2.35. The lowest BCUT2D eigenvalue weighted by atomic mass is 9.91. The minimum absolute atomic E-state index is 0.0257. The van der Waals surface area contributed by atoms with Crippen molar-refractivity contribution in [3.63, 3.8) is 0 Å². The fourth-order valence-electron chi connectivity index (χ4n) is 1.64. The van der Waals surface area contributed by atoms with Crippen LogP contribution in [0.2, 0.25) is 0 Å². The molecule has 0 spiro atoms. The van der Waals surface area contributed by atoms with Gasteiger partial charge in [-0.25, -0.2) is 4.39 Å². The molecule has 70 valence electrons. The van der Waals surface area contributed by atoms with Crippen molar-refractivity contribution in [2.75, 3.05) is 6.61 Å². The molecule has 2 rings (SSSR count). The molecule has 1 N–H and O–H groups in total. The highest BCUT2D eigenvalue weighted by Gasteiger charge is 2.35. The Labute approximate surface area is 76.0 Å². The third-order valence-corrected chi connectivity index (χ3v) is 2.35. The molecule has 3 heteroatoms. The van der Waals surface area contributed by atoms with Gasteiger partial charge in [-0.05, 0) is 19.1 Å². The van der Waals surface area contributed by atoms with Crippen molar-refractivity contribution in [1.29, 1.82) is 0 Å². The summed E-state index contributed by atoms with van der Waals surface area (Å²) in [6.45, 7) is 1.83. The van der Waals surface area contributed by atoms with Crippen LogP contribution in [-0.4, -0.2) is 11.7 Å². The minimum Gasteiger partial charge on any atom is -0.507 e. The highest BCUT2D eigenvalue weighted by Crippen LogP contribution is 2.44. The molecule has 0 amide bonds. The predicted octanol–water partition coefficient (Wildman–Crippen LogP) is 2.36. The predicted molar refractivity (Wildman–Crippen MR) is 46.7 cm³/mol. The molecule has 1 aromatic carbocycles. The summed E-state index contributed by atoms with van der Waals surface area (Å²) >= 11 is 0. The lowest BCUT2D eigenvalue weighted by Gasteiger charge is -2.29.